The van der Waals surface area contributed by atoms with Gasteiger partial charge in [-0.1, -0.05) is 94.7 Å². The first-order valence-electron chi connectivity index (χ1n) is 18.1. The van der Waals surface area contributed by atoms with Crippen molar-refractivity contribution in [2.24, 2.45) is 5.92 Å². The molecule has 0 aliphatic carbocycles. The number of benzene rings is 2. The van der Waals surface area contributed by atoms with Crippen LogP contribution >= 0.6 is 0 Å². The van der Waals surface area contributed by atoms with Gasteiger partial charge in [0.2, 0.25) is 11.6 Å². The smallest absolute Gasteiger partial charge is 0.219 e. The van der Waals surface area contributed by atoms with Crippen LogP contribution in [0.2, 0.25) is 0 Å². The second-order valence-corrected chi connectivity index (χ2v) is 15.8. The van der Waals surface area contributed by atoms with Gasteiger partial charge in [-0.2, -0.15) is 4.58 Å². The van der Waals surface area contributed by atoms with Crippen molar-refractivity contribution >= 4 is 28.8 Å². The maximum Gasteiger partial charge on any atom is 0.219 e. The lowest BCUT2D eigenvalue weighted by molar-refractivity contribution is -0.401. The number of allylic oxidation sites excluding steroid dienone is 6. The molecule has 2 aromatic rings. The highest BCUT2D eigenvalue weighted by Gasteiger charge is 2.45. The maximum absolute atomic E-state index is 12.4. The van der Waals surface area contributed by atoms with Crippen LogP contribution in [-0.4, -0.2) is 41.1 Å². The fourth-order valence-corrected chi connectivity index (χ4v) is 7.49. The number of carbonyl (C=O) groups excluding carboxylic acids is 2. The van der Waals surface area contributed by atoms with E-state index in [1.54, 1.807) is 0 Å². The van der Waals surface area contributed by atoms with Gasteiger partial charge < -0.3 is 10.2 Å². The predicted molar refractivity (Wildman–Crippen MR) is 203 cm³/mol. The highest BCUT2D eigenvalue weighted by atomic mass is 16.1. The number of Topliss-reactive ketones (excluding diaryl/α,β-unsaturated/α-hetero) is 1. The van der Waals surface area contributed by atoms with Crippen LogP contribution in [0.3, 0.4) is 0 Å². The number of hydrogen-bond acceptors (Lipinski definition) is 3. The number of nitrogens with zero attached hydrogens (tertiary/aromatic N) is 2. The minimum atomic E-state index is -0.130. The number of fused-ring (bicyclic) bond motifs is 2. The third-order valence-corrected chi connectivity index (χ3v) is 10.5. The van der Waals surface area contributed by atoms with Crippen molar-refractivity contribution in [2.45, 2.75) is 124 Å². The lowest BCUT2D eigenvalue weighted by Gasteiger charge is -2.41. The summed E-state index contributed by atoms with van der Waals surface area (Å²) < 4.78 is 2.31. The minimum Gasteiger partial charge on any atom is -0.356 e. The van der Waals surface area contributed by atoms with Gasteiger partial charge in [0.05, 0.1) is 5.41 Å². The number of ketones is 1. The number of para-hydroxylation sites is 1. The van der Waals surface area contributed by atoms with Crippen LogP contribution in [0.15, 0.2) is 78.5 Å². The SMILES string of the molecule is Cc1ccc2c(c1)C(C)(C)C(=CC=CC=CC1=[N+](C)c3ccccc3C1(C)C)N2C(C)(C)CCCCCC(=O)NCCCC(=O)C(C)C. The topological polar surface area (TPSA) is 52.4 Å². The van der Waals surface area contributed by atoms with E-state index in [1.807, 2.05) is 13.8 Å². The zero-order chi connectivity index (χ0) is 35.3. The molecule has 2 aromatic carbocycles. The first-order valence-corrected chi connectivity index (χ1v) is 18.1. The molecule has 5 heteroatoms. The zero-order valence-electron chi connectivity index (χ0n) is 31.4. The molecule has 48 heavy (non-hydrogen) atoms. The van der Waals surface area contributed by atoms with E-state index < -0.39 is 0 Å². The number of anilines is 1. The fraction of sp³-hybridized carbons (Fsp3) is 0.512. The molecule has 2 aliphatic heterocycles. The number of nitrogens with one attached hydrogen (secondary N) is 1. The van der Waals surface area contributed by atoms with E-state index in [0.29, 0.717) is 19.4 Å². The van der Waals surface area contributed by atoms with Gasteiger partial charge in [0.15, 0.2) is 5.71 Å². The van der Waals surface area contributed by atoms with Crippen LogP contribution in [0.4, 0.5) is 11.4 Å². The minimum absolute atomic E-state index is 0.0411. The molecule has 2 heterocycles. The van der Waals surface area contributed by atoms with Crippen LogP contribution in [-0.2, 0) is 20.4 Å². The van der Waals surface area contributed by atoms with Crippen molar-refractivity contribution < 1.29 is 14.2 Å². The van der Waals surface area contributed by atoms with Gasteiger partial charge in [-0.15, -0.1) is 0 Å². The molecule has 0 atom stereocenters. The quantitative estimate of drug-likeness (QED) is 0.119. The Morgan fingerprint density at radius 1 is 0.896 bits per heavy atom. The Kier molecular flexibility index (Phi) is 11.8. The van der Waals surface area contributed by atoms with Crippen LogP contribution < -0.4 is 10.2 Å². The van der Waals surface area contributed by atoms with Crippen molar-refractivity contribution in [3.63, 3.8) is 0 Å². The highest BCUT2D eigenvalue weighted by molar-refractivity contribution is 6.03. The molecular formula is C43H60N3O2+. The van der Waals surface area contributed by atoms with Gasteiger partial charge in [0.1, 0.15) is 12.8 Å². The number of aryl methyl sites for hydroxylation is 1. The summed E-state index contributed by atoms with van der Waals surface area (Å²) >= 11 is 0. The van der Waals surface area contributed by atoms with E-state index in [4.69, 9.17) is 0 Å². The molecule has 2 aliphatic rings. The van der Waals surface area contributed by atoms with Crippen LogP contribution in [0.25, 0.3) is 0 Å². The molecule has 1 amide bonds. The molecule has 0 saturated carbocycles. The Balaban J connectivity index is 1.41. The maximum atomic E-state index is 12.4. The molecule has 0 bridgehead atoms. The fourth-order valence-electron chi connectivity index (χ4n) is 7.49. The molecule has 0 aromatic heterocycles. The second kappa shape index (κ2) is 15.2. The molecule has 0 spiro atoms. The molecule has 0 radical (unpaired) electrons. The van der Waals surface area contributed by atoms with Gasteiger partial charge >= 0.3 is 0 Å². The van der Waals surface area contributed by atoms with Gasteiger partial charge in [-0.3, -0.25) is 9.59 Å². The van der Waals surface area contributed by atoms with Crippen molar-refractivity contribution in [1.29, 1.82) is 0 Å². The highest BCUT2D eigenvalue weighted by Crippen LogP contribution is 2.51. The summed E-state index contributed by atoms with van der Waals surface area (Å²) in [6.45, 7) is 20.6. The Hall–Kier alpha value is -3.73. The monoisotopic (exact) mass is 650 g/mol. The number of hydrogen-bond donors (Lipinski definition) is 1. The average Bonchev–Trinajstić information content (AvgIpc) is 3.37. The van der Waals surface area contributed by atoms with Gasteiger partial charge in [-0.05, 0) is 71.6 Å². The van der Waals surface area contributed by atoms with Crippen LogP contribution in [0.5, 0.6) is 0 Å². The van der Waals surface area contributed by atoms with Gasteiger partial charge in [0.25, 0.3) is 0 Å². The van der Waals surface area contributed by atoms with E-state index in [2.05, 4.69) is 143 Å². The summed E-state index contributed by atoms with van der Waals surface area (Å²) in [5.41, 5.74) is 8.93. The number of carbonyl (C=O) groups is 2. The Morgan fingerprint density at radius 2 is 1.62 bits per heavy atom. The van der Waals surface area contributed by atoms with Gasteiger partial charge in [-0.25, -0.2) is 0 Å². The predicted octanol–water partition coefficient (Wildman–Crippen LogP) is 9.65. The van der Waals surface area contributed by atoms with Crippen molar-refractivity contribution in [1.82, 2.24) is 5.32 Å². The van der Waals surface area contributed by atoms with Crippen molar-refractivity contribution in [3.8, 4) is 0 Å². The first-order chi connectivity index (χ1) is 22.6. The summed E-state index contributed by atoms with van der Waals surface area (Å²) in [5, 5.41) is 2.99. The van der Waals surface area contributed by atoms with Crippen molar-refractivity contribution in [3.05, 3.63) is 95.2 Å². The molecule has 0 unspecified atom stereocenters. The third-order valence-electron chi connectivity index (χ3n) is 10.5. The van der Waals surface area contributed by atoms with E-state index in [9.17, 15) is 9.59 Å². The van der Waals surface area contributed by atoms with E-state index in [0.717, 1.165) is 32.1 Å². The lowest BCUT2D eigenvalue weighted by atomic mass is 9.81. The number of amides is 1. The second-order valence-electron chi connectivity index (χ2n) is 15.8. The van der Waals surface area contributed by atoms with Crippen LogP contribution in [0, 0.1) is 12.8 Å². The summed E-state index contributed by atoms with van der Waals surface area (Å²) in [7, 11) is 2.16. The molecule has 258 valence electrons. The lowest BCUT2D eigenvalue weighted by Crippen LogP contribution is -2.43. The van der Waals surface area contributed by atoms with Gasteiger partial charge in [0, 0.05) is 65.3 Å². The van der Waals surface area contributed by atoms with Crippen molar-refractivity contribution in [2.75, 3.05) is 18.5 Å². The Labute approximate surface area is 290 Å². The molecule has 0 fully saturated rings. The average molecular weight is 651 g/mol. The summed E-state index contributed by atoms with van der Waals surface area (Å²) in [6.07, 6.45) is 16.9. The van der Waals surface area contributed by atoms with E-state index in [1.165, 1.54) is 39.5 Å². The normalized spacial score (nSPS) is 17.6. The molecule has 1 N–H and O–H groups in total. The van der Waals surface area contributed by atoms with E-state index >= 15 is 0 Å². The Morgan fingerprint density at radius 3 is 2.33 bits per heavy atom. The van der Waals surface area contributed by atoms with Crippen LogP contribution in [0.1, 0.15) is 117 Å². The standard InChI is InChI=1S/C43H59N3O2/c1-31(2)37(47)22-19-29-44-40(48)25-15-12-18-28-41(4,5)46-36-27-26-32(3)30-34(36)43(8,9)39(46)24-14-11-13-23-38-42(6,7)33-20-16-17-21-35(33)45(38)10/h11,13-14,16-17,20-21,23-24,26-27,30-31H,12,15,18-19,22,25,28-29H2,1-10H3/p+1. The zero-order valence-corrected chi connectivity index (χ0v) is 31.4. The summed E-state index contributed by atoms with van der Waals surface area (Å²) in [4.78, 5) is 26.7. The molecular weight excluding hydrogens is 590 g/mol. The Bertz CT molecular complexity index is 1620. The molecule has 5 nitrogen and oxygen atoms in total. The van der Waals surface area contributed by atoms with E-state index in [-0.39, 0.29) is 34.0 Å². The largest absolute Gasteiger partial charge is 0.356 e. The molecule has 4 rings (SSSR count). The third kappa shape index (κ3) is 8.10. The summed E-state index contributed by atoms with van der Waals surface area (Å²) in [5.74, 6) is 0.419. The first kappa shape index (κ1) is 37.1. The molecule has 0 saturated heterocycles. The number of rotatable bonds is 15. The summed E-state index contributed by atoms with van der Waals surface area (Å²) in [6, 6.07) is 15.6. The number of unbranched alkanes of at least 4 members (excludes halogenated alkanes) is 2.